The molecule has 102 heavy (non-hydrogen) atoms. The van der Waals surface area contributed by atoms with Gasteiger partial charge in [0.25, 0.3) is 0 Å². The summed E-state index contributed by atoms with van der Waals surface area (Å²) >= 11 is 5.58. The average Bonchev–Trinajstić information content (AvgIpc) is 0.927. The van der Waals surface area contributed by atoms with Crippen molar-refractivity contribution in [3.05, 3.63) is 284 Å². The summed E-state index contributed by atoms with van der Waals surface area (Å²) in [6, 6.07) is 48.6. The van der Waals surface area contributed by atoms with E-state index in [4.69, 9.17) is 70.4 Å². The first-order valence-corrected chi connectivity index (χ1v) is 30.2. The molecule has 0 aromatic heterocycles. The number of benzene rings is 6. The fourth-order valence-corrected chi connectivity index (χ4v) is 7.13. The molecule has 0 atom stereocenters. The third-order valence-electron chi connectivity index (χ3n) is 12.6. The summed E-state index contributed by atoms with van der Waals surface area (Å²) in [5, 5.41) is 24.3. The van der Waals surface area contributed by atoms with Crippen molar-refractivity contribution in [1.29, 1.82) is 0 Å². The molecular weight excluding hydrogens is 1330 g/mol. The summed E-state index contributed by atoms with van der Waals surface area (Å²) < 4.78 is 14.6. The van der Waals surface area contributed by atoms with Gasteiger partial charge >= 0.3 is 72.3 Å². The van der Waals surface area contributed by atoms with Gasteiger partial charge < -0.3 is 105 Å². The molecule has 0 amide bonds. The molecule has 0 saturated heterocycles. The fourth-order valence-electron chi connectivity index (χ4n) is 6.95. The molecule has 0 spiro atoms. The quantitative estimate of drug-likeness (QED) is 0.00440. The number of hydrogen-bond acceptors (Lipinski definition) is 21. The standard InChI is InChI=1S/3C14H20N2O2.C12H16N2O2.C8H9Cl.C8H9N3.2CH4.Li.N3.4H3N.Na.H2O/c2*1-4-18-14(17)13(15)11(3)16-9-12-7-5-10(2)6-8-12;1-4-18-14(17)13(11(3)15)16-9-12-7-5-10(2)6-8-12;1-8-3-5-10(6-4-8)7-14-9(2)11(13)12(15)16;1-7-2-4-8(6-9)5-3-7;1-7-2-4-8(5-3-7)6-10-11-9;;;;1-3-2;;;;;;/h3*5-8,16H,4,9,15H2,1-3H3;3-6,14H,7,13H2,1-2H3,(H,15,16);2-5H,6H2,1H3;2-5H,6H2,1H3;2*1H4;;;4*1H3;;1H2/q;;;;;;;;+1;-1;;;;;+1;/p-1/b3*13-11-;11-9-;;;;;;;;;;;;. The minimum absolute atomic E-state index is 0. The Morgan fingerprint density at radius 1 is 0.441 bits per heavy atom. The van der Waals surface area contributed by atoms with Crippen LogP contribution in [-0.2, 0) is 72.0 Å². The van der Waals surface area contributed by atoms with Gasteiger partial charge in [-0.05, 0) is 129 Å². The second-order valence-electron chi connectivity index (χ2n) is 20.6. The van der Waals surface area contributed by atoms with Crippen LogP contribution in [0.3, 0.4) is 0 Å². The Balaban J connectivity index is -0.000000123. The topological polar surface area (TPSA) is 546 Å². The molecule has 0 bridgehead atoms. The molecule has 0 radical (unpaired) electrons. The maximum absolute atomic E-state index is 11.6. The van der Waals surface area contributed by atoms with Crippen LogP contribution in [0.4, 0.5) is 0 Å². The molecule has 27 nitrogen and oxygen atoms in total. The van der Waals surface area contributed by atoms with Crippen molar-refractivity contribution >= 4 is 35.5 Å². The van der Waals surface area contributed by atoms with E-state index in [2.05, 4.69) is 50.3 Å². The second-order valence-corrected chi connectivity index (χ2v) is 20.8. The molecule has 6 aromatic carbocycles. The zero-order chi connectivity index (χ0) is 70.3. The SMILES string of the molecule is C.C.C/C(NCc1ccc(C)cc1)=C(/N)C(=O)O.CCOC(=O)/C(N)=C(\C)NCc1ccc(C)cc1.CCOC(=O)/C(N)=C(\C)NCc1ccc(C)cc1.CCOC(=O)/C(NCc1ccc(C)cc1)=C(\C)N.Cc1ccc(CCl)cc1.Cc1ccc(CN=[N+]=[N-])cc1.N.N.N.N.[Li+].[N-]=[N+]=[N-].[Na+].[OH-]. The van der Waals surface area contributed by atoms with Gasteiger partial charge in [0.2, 0.25) is 0 Å². The van der Waals surface area contributed by atoms with Gasteiger partial charge in [0.15, 0.2) is 0 Å². The zero-order valence-corrected chi connectivity index (χ0v) is 63.9. The van der Waals surface area contributed by atoms with Gasteiger partial charge in [0, 0.05) is 59.8 Å². The molecular formula is C72H115ClLiN18NaO9. The number of alkyl halides is 1. The first-order valence-electron chi connectivity index (χ1n) is 29.6. The molecule has 30 heteroatoms. The maximum Gasteiger partial charge on any atom is 1.00 e. The van der Waals surface area contributed by atoms with E-state index in [0.717, 1.165) is 27.8 Å². The van der Waals surface area contributed by atoms with Gasteiger partial charge in [-0.3, -0.25) is 4.91 Å². The first-order chi connectivity index (χ1) is 44.2. The van der Waals surface area contributed by atoms with Crippen LogP contribution < -0.4 is 117 Å². The Labute approximate surface area is 645 Å². The number of aliphatic carboxylic acids is 1. The third-order valence-corrected chi connectivity index (χ3v) is 13.0. The van der Waals surface area contributed by atoms with Crippen molar-refractivity contribution in [1.82, 2.24) is 45.9 Å². The van der Waals surface area contributed by atoms with Crippen LogP contribution in [0.25, 0.3) is 26.4 Å². The summed E-state index contributed by atoms with van der Waals surface area (Å²) in [6.07, 6.45) is 0. The molecule has 0 heterocycles. The van der Waals surface area contributed by atoms with Crippen molar-refractivity contribution in [3.8, 4) is 0 Å². The number of halogens is 1. The molecule has 556 valence electrons. The van der Waals surface area contributed by atoms with Crippen LogP contribution in [0.15, 0.2) is 196 Å². The number of carbonyl (C=O) groups is 4. The van der Waals surface area contributed by atoms with E-state index in [0.29, 0.717) is 86.9 Å². The predicted octanol–water partition coefficient (Wildman–Crippen LogP) is 9.03. The zero-order valence-electron chi connectivity index (χ0n) is 61.2. The van der Waals surface area contributed by atoms with Crippen LogP contribution in [0, 0.1) is 41.5 Å². The minimum atomic E-state index is -1.10. The Bertz CT molecular complexity index is 3360. The van der Waals surface area contributed by atoms with E-state index in [1.54, 1.807) is 48.5 Å². The van der Waals surface area contributed by atoms with Gasteiger partial charge in [0.1, 0.15) is 22.8 Å². The van der Waals surface area contributed by atoms with Crippen LogP contribution in [-0.4, -0.2) is 54.3 Å². The average molecular weight is 1440 g/mol. The third kappa shape index (κ3) is 52.8. The summed E-state index contributed by atoms with van der Waals surface area (Å²) in [6.45, 7) is 28.2. The van der Waals surface area contributed by atoms with E-state index in [1.165, 1.54) is 43.9 Å². The molecule has 6 rings (SSSR count). The Morgan fingerprint density at radius 3 is 0.892 bits per heavy atom. The smallest absolute Gasteiger partial charge is 0.870 e. The van der Waals surface area contributed by atoms with Crippen LogP contribution in [0.2, 0.25) is 0 Å². The van der Waals surface area contributed by atoms with Crippen LogP contribution in [0.5, 0.6) is 0 Å². The molecule has 0 aliphatic carbocycles. The summed E-state index contributed by atoms with van der Waals surface area (Å²) in [4.78, 5) is 49.2. The fraction of sp³-hybridized carbons (Fsp3) is 0.333. The number of nitrogens with one attached hydrogen (secondary N) is 4. The van der Waals surface area contributed by atoms with Crippen molar-refractivity contribution in [2.24, 2.45) is 28.0 Å². The number of rotatable bonds is 22. The van der Waals surface area contributed by atoms with Crippen molar-refractivity contribution in [2.45, 2.75) is 143 Å². The number of ether oxygens (including phenoxy) is 3. The van der Waals surface area contributed by atoms with Crippen LogP contribution >= 0.6 is 11.6 Å². The molecule has 0 aliphatic heterocycles. The van der Waals surface area contributed by atoms with Crippen molar-refractivity contribution in [3.63, 3.8) is 0 Å². The number of carboxylic acid groups (broad SMARTS) is 1. The van der Waals surface area contributed by atoms with Gasteiger partial charge in [0.05, 0.1) is 26.4 Å². The van der Waals surface area contributed by atoms with E-state index >= 15 is 0 Å². The van der Waals surface area contributed by atoms with Gasteiger partial charge in [-0.25, -0.2) is 19.2 Å². The van der Waals surface area contributed by atoms with Gasteiger partial charge in [-0.2, -0.15) is 0 Å². The predicted molar refractivity (Wildman–Crippen MR) is 407 cm³/mol. The largest absolute Gasteiger partial charge is 1.00 e. The van der Waals surface area contributed by atoms with E-state index in [1.807, 2.05) is 168 Å². The first kappa shape index (κ1) is 114. The van der Waals surface area contributed by atoms with Crippen LogP contribution in [0.1, 0.15) is 130 Å². The Kier molecular flexibility index (Phi) is 75.7. The number of carboxylic acids is 1. The summed E-state index contributed by atoms with van der Waals surface area (Å²) in [5.41, 5.74) is 60.6. The van der Waals surface area contributed by atoms with E-state index in [-0.39, 0.29) is 110 Å². The number of hydrogen-bond donors (Lipinski definition) is 13. The normalized spacial score (nSPS) is 9.94. The summed E-state index contributed by atoms with van der Waals surface area (Å²) in [5.74, 6) is -1.86. The Hall–Kier alpha value is -9.13. The summed E-state index contributed by atoms with van der Waals surface area (Å²) in [7, 11) is 0. The number of nitrogens with two attached hydrogens (primary N) is 4. The molecule has 6 aromatic rings. The number of aryl methyl sites for hydroxylation is 6. The van der Waals surface area contributed by atoms with Crippen molar-refractivity contribution < 1.29 is 92.4 Å². The van der Waals surface area contributed by atoms with Gasteiger partial charge in [-0.1, -0.05) is 199 Å². The Morgan fingerprint density at radius 2 is 0.667 bits per heavy atom. The number of nitrogens with zero attached hydrogens (tertiary/aromatic N) is 6. The number of carbonyl (C=O) groups excluding carboxylic acids is 3. The van der Waals surface area contributed by atoms with Gasteiger partial charge in [-0.15, -0.1) is 11.6 Å². The number of azide groups is 1. The number of allylic oxidation sites excluding steroid dienone is 4. The number of esters is 3. The molecule has 0 saturated carbocycles. The minimum Gasteiger partial charge on any atom is -0.870 e. The van der Waals surface area contributed by atoms with E-state index in [9.17, 15) is 19.2 Å². The molecule has 26 N–H and O–H groups in total. The molecule has 0 unspecified atom stereocenters. The second kappa shape index (κ2) is 67.7. The van der Waals surface area contributed by atoms with Crippen molar-refractivity contribution in [2.75, 3.05) is 19.8 Å². The molecule has 0 aliphatic rings. The maximum atomic E-state index is 11.6. The molecule has 0 fully saturated rings. The monoisotopic (exact) mass is 1440 g/mol. The van der Waals surface area contributed by atoms with E-state index < -0.39 is 23.9 Å².